The summed E-state index contributed by atoms with van der Waals surface area (Å²) in [5.41, 5.74) is 2.60. The maximum Gasteiger partial charge on any atom is 0.416 e. The zero-order chi connectivity index (χ0) is 16.2. The highest BCUT2D eigenvalue weighted by Gasteiger charge is 2.30. The number of amides is 1. The maximum absolute atomic E-state index is 12.6. The number of benzene rings is 1. The van der Waals surface area contributed by atoms with Crippen molar-refractivity contribution in [1.82, 2.24) is 9.99 Å². The monoisotopic (exact) mass is 309 g/mol. The number of carbonyl (C=O) groups excluding carboxylic acids is 1. The van der Waals surface area contributed by atoms with Crippen LogP contribution in [0.5, 0.6) is 0 Å². The van der Waals surface area contributed by atoms with Gasteiger partial charge in [0.2, 0.25) is 5.91 Å². The zero-order valence-electron chi connectivity index (χ0n) is 11.8. The molecule has 1 N–H and O–H groups in total. The lowest BCUT2D eigenvalue weighted by Gasteiger charge is -2.08. The number of alkyl halides is 3. The van der Waals surface area contributed by atoms with Crippen molar-refractivity contribution in [3.05, 3.63) is 59.4 Å². The molecule has 22 heavy (non-hydrogen) atoms. The summed E-state index contributed by atoms with van der Waals surface area (Å²) in [6.07, 6.45) is 0.506. The highest BCUT2D eigenvalue weighted by Crippen LogP contribution is 2.29. The van der Waals surface area contributed by atoms with Crippen LogP contribution in [0.4, 0.5) is 13.2 Å². The molecule has 2 rings (SSSR count). The van der Waals surface area contributed by atoms with Crippen LogP contribution in [-0.4, -0.2) is 16.7 Å². The van der Waals surface area contributed by atoms with E-state index in [4.69, 9.17) is 0 Å². The first-order valence-electron chi connectivity index (χ1n) is 6.44. The quantitative estimate of drug-likeness (QED) is 0.685. The molecule has 0 aliphatic carbocycles. The molecule has 0 radical (unpaired) electrons. The van der Waals surface area contributed by atoms with Gasteiger partial charge in [0.05, 0.1) is 18.2 Å². The molecular weight excluding hydrogens is 295 g/mol. The van der Waals surface area contributed by atoms with Gasteiger partial charge in [0.25, 0.3) is 0 Å². The molecule has 0 saturated carbocycles. The summed E-state index contributed by atoms with van der Waals surface area (Å²) in [5.74, 6) is -0.480. The van der Waals surface area contributed by atoms with E-state index in [0.29, 0.717) is 0 Å². The average molecular weight is 309 g/mol. The molecule has 7 heteroatoms. The molecule has 0 saturated heterocycles. The van der Waals surface area contributed by atoms with E-state index in [-0.39, 0.29) is 12.0 Å². The number of rotatable bonds is 4. The van der Waals surface area contributed by atoms with Crippen molar-refractivity contribution in [2.24, 2.45) is 12.1 Å². The second-order valence-electron chi connectivity index (χ2n) is 4.78. The van der Waals surface area contributed by atoms with E-state index >= 15 is 0 Å². The van der Waals surface area contributed by atoms with Crippen LogP contribution < -0.4 is 5.43 Å². The van der Waals surface area contributed by atoms with E-state index in [1.54, 1.807) is 0 Å². The van der Waals surface area contributed by atoms with Gasteiger partial charge in [0, 0.05) is 25.0 Å². The molecule has 4 nitrogen and oxygen atoms in total. The van der Waals surface area contributed by atoms with Gasteiger partial charge in [0.15, 0.2) is 0 Å². The van der Waals surface area contributed by atoms with Gasteiger partial charge < -0.3 is 4.57 Å². The van der Waals surface area contributed by atoms with Crippen LogP contribution in [0.25, 0.3) is 0 Å². The smallest absolute Gasteiger partial charge is 0.357 e. The van der Waals surface area contributed by atoms with Gasteiger partial charge in [-0.25, -0.2) is 5.43 Å². The van der Waals surface area contributed by atoms with Crippen molar-refractivity contribution < 1.29 is 18.0 Å². The van der Waals surface area contributed by atoms with E-state index in [2.05, 4.69) is 10.5 Å². The summed E-state index contributed by atoms with van der Waals surface area (Å²) in [4.78, 5) is 11.7. The largest absolute Gasteiger partial charge is 0.416 e. The molecule has 0 aliphatic heterocycles. The third kappa shape index (κ3) is 4.47. The maximum atomic E-state index is 12.6. The number of aryl methyl sites for hydroxylation is 1. The van der Waals surface area contributed by atoms with E-state index < -0.39 is 17.6 Å². The van der Waals surface area contributed by atoms with Gasteiger partial charge in [-0.1, -0.05) is 18.2 Å². The molecule has 1 amide bonds. The zero-order valence-corrected chi connectivity index (χ0v) is 11.8. The molecule has 1 aromatic heterocycles. The molecule has 0 fully saturated rings. The minimum Gasteiger partial charge on any atom is -0.357 e. The Balaban J connectivity index is 1.93. The van der Waals surface area contributed by atoms with E-state index in [1.807, 2.05) is 30.1 Å². The second-order valence-corrected chi connectivity index (χ2v) is 4.78. The summed E-state index contributed by atoms with van der Waals surface area (Å²) in [6, 6.07) is 6.48. The van der Waals surface area contributed by atoms with Gasteiger partial charge in [-0.2, -0.15) is 18.3 Å². The van der Waals surface area contributed by atoms with Gasteiger partial charge in [-0.15, -0.1) is 0 Å². The summed E-state index contributed by atoms with van der Waals surface area (Å²) < 4.78 is 39.5. The number of hydrogen-bond donors (Lipinski definition) is 1. The summed E-state index contributed by atoms with van der Waals surface area (Å²) >= 11 is 0. The first-order chi connectivity index (χ1) is 10.3. The standard InChI is InChI=1S/C15H14F3N3O/c1-21-6-5-12(10-21)9-19-20-14(22)8-11-3-2-4-13(7-11)15(16,17)18/h2-7,9-10H,8H2,1H3,(H,20,22)/b19-9+. The fourth-order valence-electron chi connectivity index (χ4n) is 1.86. The minimum atomic E-state index is -4.42. The first-order valence-corrected chi connectivity index (χ1v) is 6.44. The Labute approximate surface area is 125 Å². The van der Waals surface area contributed by atoms with Gasteiger partial charge in [-0.05, 0) is 17.7 Å². The Hall–Kier alpha value is -2.57. The Kier molecular flexibility index (Phi) is 4.65. The fourth-order valence-corrected chi connectivity index (χ4v) is 1.86. The van der Waals surface area contributed by atoms with Crippen LogP contribution in [-0.2, 0) is 24.4 Å². The topological polar surface area (TPSA) is 46.4 Å². The Morgan fingerprint density at radius 2 is 2.14 bits per heavy atom. The third-order valence-electron chi connectivity index (χ3n) is 2.88. The Morgan fingerprint density at radius 1 is 1.36 bits per heavy atom. The van der Waals surface area contributed by atoms with Crippen molar-refractivity contribution in [3.8, 4) is 0 Å². The van der Waals surface area contributed by atoms with Crippen molar-refractivity contribution >= 4 is 12.1 Å². The molecule has 0 spiro atoms. The minimum absolute atomic E-state index is 0.171. The average Bonchev–Trinajstić information content (AvgIpc) is 2.84. The van der Waals surface area contributed by atoms with Gasteiger partial charge >= 0.3 is 6.18 Å². The highest BCUT2D eigenvalue weighted by molar-refractivity contribution is 5.83. The van der Waals surface area contributed by atoms with Crippen molar-refractivity contribution in [3.63, 3.8) is 0 Å². The second kappa shape index (κ2) is 6.46. The lowest BCUT2D eigenvalue weighted by atomic mass is 10.1. The van der Waals surface area contributed by atoms with Crippen LogP contribution in [0, 0.1) is 0 Å². The molecule has 1 heterocycles. The molecule has 116 valence electrons. The number of nitrogens with zero attached hydrogens (tertiary/aromatic N) is 2. The predicted octanol–water partition coefficient (Wildman–Crippen LogP) is 2.74. The van der Waals surface area contributed by atoms with Crippen LogP contribution in [0.1, 0.15) is 16.7 Å². The number of carbonyl (C=O) groups is 1. The van der Waals surface area contributed by atoms with E-state index in [9.17, 15) is 18.0 Å². The van der Waals surface area contributed by atoms with E-state index in [1.165, 1.54) is 18.3 Å². The molecule has 0 atom stereocenters. The van der Waals surface area contributed by atoms with Crippen molar-refractivity contribution in [2.45, 2.75) is 12.6 Å². The lowest BCUT2D eigenvalue weighted by molar-refractivity contribution is -0.137. The Morgan fingerprint density at radius 3 is 2.77 bits per heavy atom. The number of nitrogens with one attached hydrogen (secondary N) is 1. The first kappa shape index (κ1) is 15.8. The molecule has 0 bridgehead atoms. The van der Waals surface area contributed by atoms with Crippen molar-refractivity contribution in [1.29, 1.82) is 0 Å². The molecule has 0 unspecified atom stereocenters. The Bertz CT molecular complexity index is 689. The predicted molar refractivity (Wildman–Crippen MR) is 76.3 cm³/mol. The van der Waals surface area contributed by atoms with Crippen LogP contribution in [0.3, 0.4) is 0 Å². The normalized spacial score (nSPS) is 11.8. The molecule has 1 aromatic carbocycles. The molecule has 0 aliphatic rings. The SMILES string of the molecule is Cn1ccc(/C=N/NC(=O)Cc2cccc(C(F)(F)F)c2)c1. The van der Waals surface area contributed by atoms with Crippen LogP contribution >= 0.6 is 0 Å². The highest BCUT2D eigenvalue weighted by atomic mass is 19.4. The summed E-state index contributed by atoms with van der Waals surface area (Å²) in [5, 5.41) is 3.76. The van der Waals surface area contributed by atoms with E-state index in [0.717, 1.165) is 17.7 Å². The van der Waals surface area contributed by atoms with Gasteiger partial charge in [-0.3, -0.25) is 4.79 Å². The molecular formula is C15H14F3N3O. The number of hydrogen-bond acceptors (Lipinski definition) is 2. The van der Waals surface area contributed by atoms with Crippen molar-refractivity contribution in [2.75, 3.05) is 0 Å². The number of hydrazone groups is 1. The third-order valence-corrected chi connectivity index (χ3v) is 2.88. The summed E-state index contributed by atoms with van der Waals surface area (Å²) in [6.45, 7) is 0. The molecule has 2 aromatic rings. The summed E-state index contributed by atoms with van der Waals surface area (Å²) in [7, 11) is 1.85. The van der Waals surface area contributed by atoms with Crippen LogP contribution in [0.2, 0.25) is 0 Å². The number of halogens is 3. The van der Waals surface area contributed by atoms with Crippen LogP contribution in [0.15, 0.2) is 47.8 Å². The fraction of sp³-hybridized carbons (Fsp3) is 0.200. The number of aromatic nitrogens is 1. The van der Waals surface area contributed by atoms with Gasteiger partial charge in [0.1, 0.15) is 0 Å². The lowest BCUT2D eigenvalue weighted by Crippen LogP contribution is -2.20.